The third kappa shape index (κ3) is 3.96. The Balaban J connectivity index is 1.79. The Morgan fingerprint density at radius 1 is 1.23 bits per heavy atom. The maximum absolute atomic E-state index is 13.0. The number of carbonyl (C=O) groups is 2. The third-order valence-corrected chi connectivity index (χ3v) is 4.68. The van der Waals surface area contributed by atoms with Crippen LogP contribution in [0.15, 0.2) is 41.0 Å². The van der Waals surface area contributed by atoms with Crippen molar-refractivity contribution >= 4 is 17.5 Å². The van der Waals surface area contributed by atoms with Crippen molar-refractivity contribution in [2.24, 2.45) is 17.6 Å². The molecule has 0 bridgehead atoms. The number of nitrogens with two attached hydrogens (primary N) is 1. The molecule has 2 atom stereocenters. The van der Waals surface area contributed by atoms with Gasteiger partial charge in [0.25, 0.3) is 11.8 Å². The van der Waals surface area contributed by atoms with Crippen LogP contribution >= 0.6 is 0 Å². The van der Waals surface area contributed by atoms with Crippen molar-refractivity contribution < 1.29 is 14.0 Å². The maximum Gasteiger partial charge on any atom is 0.258 e. The summed E-state index contributed by atoms with van der Waals surface area (Å²) >= 11 is 0. The van der Waals surface area contributed by atoms with E-state index in [2.05, 4.69) is 19.2 Å². The summed E-state index contributed by atoms with van der Waals surface area (Å²) in [5.41, 5.74) is 6.90. The highest BCUT2D eigenvalue weighted by molar-refractivity contribution is 6.08. The van der Waals surface area contributed by atoms with E-state index in [1.165, 1.54) is 6.26 Å². The summed E-state index contributed by atoms with van der Waals surface area (Å²) in [5.74, 6) is 1.12. The zero-order valence-corrected chi connectivity index (χ0v) is 15.2. The predicted octanol–water partition coefficient (Wildman–Crippen LogP) is 3.11. The van der Waals surface area contributed by atoms with Gasteiger partial charge < -0.3 is 20.4 Å². The number of hydrogen-bond acceptors (Lipinski definition) is 4. The van der Waals surface area contributed by atoms with Crippen LogP contribution in [-0.2, 0) is 6.54 Å². The van der Waals surface area contributed by atoms with Gasteiger partial charge in [-0.05, 0) is 36.5 Å². The normalized spacial score (nSPS) is 20.0. The summed E-state index contributed by atoms with van der Waals surface area (Å²) in [4.78, 5) is 27.4. The fourth-order valence-corrected chi connectivity index (χ4v) is 3.58. The second-order valence-corrected chi connectivity index (χ2v) is 7.16. The minimum atomic E-state index is -0.325. The highest BCUT2D eigenvalue weighted by Gasteiger charge is 2.27. The van der Waals surface area contributed by atoms with Crippen molar-refractivity contribution in [1.29, 1.82) is 0 Å². The molecule has 0 radical (unpaired) electrons. The van der Waals surface area contributed by atoms with Crippen LogP contribution in [0.4, 0.5) is 5.69 Å². The molecule has 138 valence electrons. The van der Waals surface area contributed by atoms with Crippen molar-refractivity contribution in [3.63, 3.8) is 0 Å². The van der Waals surface area contributed by atoms with Gasteiger partial charge in [-0.15, -0.1) is 0 Å². The molecule has 1 aliphatic heterocycles. The molecule has 2 unspecified atom stereocenters. The first-order chi connectivity index (χ1) is 12.5. The molecule has 0 aliphatic carbocycles. The molecule has 1 fully saturated rings. The van der Waals surface area contributed by atoms with Crippen LogP contribution < -0.4 is 11.1 Å². The molecule has 2 aromatic rings. The van der Waals surface area contributed by atoms with Crippen molar-refractivity contribution in [1.82, 2.24) is 4.90 Å². The van der Waals surface area contributed by atoms with Crippen molar-refractivity contribution in [3.05, 3.63) is 53.5 Å². The molecule has 1 saturated heterocycles. The fourth-order valence-electron chi connectivity index (χ4n) is 3.58. The molecule has 26 heavy (non-hydrogen) atoms. The summed E-state index contributed by atoms with van der Waals surface area (Å²) < 4.78 is 5.21. The van der Waals surface area contributed by atoms with Crippen LogP contribution in [0.2, 0.25) is 0 Å². The Morgan fingerprint density at radius 3 is 2.58 bits per heavy atom. The van der Waals surface area contributed by atoms with Gasteiger partial charge in [-0.1, -0.05) is 26.0 Å². The molecule has 3 N–H and O–H groups in total. The monoisotopic (exact) mass is 355 g/mol. The van der Waals surface area contributed by atoms with Crippen LogP contribution in [0.3, 0.4) is 0 Å². The number of amides is 2. The van der Waals surface area contributed by atoms with Gasteiger partial charge in [0.2, 0.25) is 0 Å². The molecule has 2 amide bonds. The van der Waals surface area contributed by atoms with Crippen LogP contribution in [0.1, 0.15) is 46.7 Å². The molecular formula is C20H25N3O3. The number of furan rings is 1. The average Bonchev–Trinajstić information content (AvgIpc) is 3.10. The number of anilines is 1. The van der Waals surface area contributed by atoms with Gasteiger partial charge in [0.05, 0.1) is 23.4 Å². The zero-order chi connectivity index (χ0) is 18.7. The highest BCUT2D eigenvalue weighted by Crippen LogP contribution is 2.25. The largest absolute Gasteiger partial charge is 0.467 e. The lowest BCUT2D eigenvalue weighted by molar-refractivity contribution is 0.0624. The zero-order valence-electron chi connectivity index (χ0n) is 15.2. The van der Waals surface area contributed by atoms with E-state index >= 15 is 0 Å². The number of likely N-dealkylation sites (tertiary alicyclic amines) is 1. The first-order valence-electron chi connectivity index (χ1n) is 8.95. The van der Waals surface area contributed by atoms with Gasteiger partial charge in [0.15, 0.2) is 0 Å². The smallest absolute Gasteiger partial charge is 0.258 e. The second kappa shape index (κ2) is 7.74. The number of hydrogen-bond donors (Lipinski definition) is 2. The molecule has 1 aromatic heterocycles. The standard InChI is InChI=1S/C20H25N3O3/c1-13-7-14(2)11-23(10-13)20(25)17-5-3-4-6-18(17)22-19(24)15-8-16(9-21)26-12-15/h3-6,8,12-14H,7,9-11,21H2,1-2H3,(H,22,24). The lowest BCUT2D eigenvalue weighted by Gasteiger charge is -2.35. The van der Waals surface area contributed by atoms with Crippen molar-refractivity contribution in [2.75, 3.05) is 18.4 Å². The summed E-state index contributed by atoms with van der Waals surface area (Å²) in [6.45, 7) is 6.04. The average molecular weight is 355 g/mol. The summed E-state index contributed by atoms with van der Waals surface area (Å²) in [7, 11) is 0. The molecule has 1 aliphatic rings. The van der Waals surface area contributed by atoms with Gasteiger partial charge in [0, 0.05) is 13.1 Å². The maximum atomic E-state index is 13.0. The van der Waals surface area contributed by atoms with Crippen molar-refractivity contribution in [3.8, 4) is 0 Å². The van der Waals surface area contributed by atoms with E-state index < -0.39 is 0 Å². The molecule has 3 rings (SSSR count). The fraction of sp³-hybridized carbons (Fsp3) is 0.400. The van der Waals surface area contributed by atoms with E-state index in [4.69, 9.17) is 10.2 Å². The molecule has 1 aromatic carbocycles. The Kier molecular flexibility index (Phi) is 5.42. The second-order valence-electron chi connectivity index (χ2n) is 7.16. The molecule has 0 saturated carbocycles. The van der Waals surface area contributed by atoms with Gasteiger partial charge in [-0.3, -0.25) is 9.59 Å². The Morgan fingerprint density at radius 2 is 1.92 bits per heavy atom. The number of rotatable bonds is 4. The third-order valence-electron chi connectivity index (χ3n) is 4.68. The lowest BCUT2D eigenvalue weighted by atomic mass is 9.91. The minimum Gasteiger partial charge on any atom is -0.467 e. The summed E-state index contributed by atoms with van der Waals surface area (Å²) in [6, 6.07) is 8.71. The van der Waals surface area contributed by atoms with E-state index in [-0.39, 0.29) is 18.4 Å². The Bertz CT molecular complexity index is 789. The minimum absolute atomic E-state index is 0.0471. The number of carbonyl (C=O) groups excluding carboxylic acids is 2. The Hall–Kier alpha value is -2.60. The summed E-state index contributed by atoms with van der Waals surface area (Å²) in [5, 5.41) is 2.82. The van der Waals surface area contributed by atoms with Crippen LogP contribution in [0.25, 0.3) is 0 Å². The first-order valence-corrected chi connectivity index (χ1v) is 8.95. The van der Waals surface area contributed by atoms with Gasteiger partial charge in [-0.25, -0.2) is 0 Å². The van der Waals surface area contributed by atoms with Crippen LogP contribution in [0.5, 0.6) is 0 Å². The van der Waals surface area contributed by atoms with E-state index in [0.717, 1.165) is 19.5 Å². The van der Waals surface area contributed by atoms with E-state index in [9.17, 15) is 9.59 Å². The number of benzene rings is 1. The van der Waals surface area contributed by atoms with Crippen LogP contribution in [-0.4, -0.2) is 29.8 Å². The molecule has 6 heteroatoms. The molecule has 2 heterocycles. The number of nitrogens with zero attached hydrogens (tertiary/aromatic N) is 1. The SMILES string of the molecule is CC1CC(C)CN(C(=O)c2ccccc2NC(=O)c2coc(CN)c2)C1. The van der Waals surface area contributed by atoms with Crippen LogP contribution in [0, 0.1) is 11.8 Å². The molecule has 6 nitrogen and oxygen atoms in total. The van der Waals surface area contributed by atoms with Gasteiger partial charge >= 0.3 is 0 Å². The topological polar surface area (TPSA) is 88.6 Å². The summed E-state index contributed by atoms with van der Waals surface area (Å²) in [6.07, 6.45) is 2.50. The first kappa shape index (κ1) is 18.2. The lowest BCUT2D eigenvalue weighted by Crippen LogP contribution is -2.42. The number of piperidine rings is 1. The van der Waals surface area contributed by atoms with E-state index in [0.29, 0.717) is 34.4 Å². The molecule has 0 spiro atoms. The number of nitrogens with one attached hydrogen (secondary N) is 1. The Labute approximate surface area is 153 Å². The van der Waals surface area contributed by atoms with E-state index in [1.54, 1.807) is 24.3 Å². The molecular weight excluding hydrogens is 330 g/mol. The van der Waals surface area contributed by atoms with Gasteiger partial charge in [-0.2, -0.15) is 0 Å². The van der Waals surface area contributed by atoms with E-state index in [1.807, 2.05) is 11.0 Å². The number of para-hydroxylation sites is 1. The predicted molar refractivity (Wildman–Crippen MR) is 99.8 cm³/mol. The van der Waals surface area contributed by atoms with Gasteiger partial charge in [0.1, 0.15) is 12.0 Å². The quantitative estimate of drug-likeness (QED) is 0.882. The highest BCUT2D eigenvalue weighted by atomic mass is 16.3. The van der Waals surface area contributed by atoms with Crippen molar-refractivity contribution in [2.45, 2.75) is 26.8 Å².